The summed E-state index contributed by atoms with van der Waals surface area (Å²) in [5.74, 6) is 0.842. The predicted molar refractivity (Wildman–Crippen MR) is 146 cm³/mol. The van der Waals surface area contributed by atoms with Crippen LogP contribution in [0.1, 0.15) is 45.8 Å². The van der Waals surface area contributed by atoms with E-state index in [1.165, 1.54) is 0 Å². The number of hydrogen-bond acceptors (Lipinski definition) is 5. The summed E-state index contributed by atoms with van der Waals surface area (Å²) in [5.41, 5.74) is 3.28. The average Bonchev–Trinajstić information content (AvgIpc) is 3.16. The van der Waals surface area contributed by atoms with Gasteiger partial charge < -0.3 is 18.8 Å². The molecule has 0 saturated carbocycles. The van der Waals surface area contributed by atoms with Crippen molar-refractivity contribution in [1.82, 2.24) is 4.90 Å². The summed E-state index contributed by atoms with van der Waals surface area (Å²) >= 11 is 3.44. The lowest BCUT2D eigenvalue weighted by atomic mass is 9.97. The fourth-order valence-electron chi connectivity index (χ4n) is 4.62. The zero-order chi connectivity index (χ0) is 26.1. The SMILES string of the molecule is C=CCOc1ccc(C2c3c(oc4ccc(Br)cc4c3=O)C(=O)N2Cc2ccc(C)cc2)cc1OCC. The minimum absolute atomic E-state index is 0.0712. The topological polar surface area (TPSA) is 69.0 Å². The first-order valence-electron chi connectivity index (χ1n) is 12.0. The van der Waals surface area contributed by atoms with Gasteiger partial charge in [-0.1, -0.05) is 64.5 Å². The van der Waals surface area contributed by atoms with E-state index in [-0.39, 0.29) is 17.1 Å². The fourth-order valence-corrected chi connectivity index (χ4v) is 4.98. The molecule has 7 heteroatoms. The van der Waals surface area contributed by atoms with E-state index in [4.69, 9.17) is 13.9 Å². The maximum atomic E-state index is 13.8. The average molecular weight is 560 g/mol. The van der Waals surface area contributed by atoms with Crippen LogP contribution in [0.3, 0.4) is 0 Å². The van der Waals surface area contributed by atoms with E-state index in [0.29, 0.717) is 47.8 Å². The van der Waals surface area contributed by atoms with E-state index in [1.807, 2.05) is 50.2 Å². The Morgan fingerprint density at radius 2 is 1.81 bits per heavy atom. The lowest BCUT2D eigenvalue weighted by molar-refractivity contribution is 0.0714. The predicted octanol–water partition coefficient (Wildman–Crippen LogP) is 6.57. The highest BCUT2D eigenvalue weighted by atomic mass is 79.9. The van der Waals surface area contributed by atoms with Crippen LogP contribution in [0, 0.1) is 6.92 Å². The Morgan fingerprint density at radius 1 is 1.03 bits per heavy atom. The first-order chi connectivity index (χ1) is 17.9. The lowest BCUT2D eigenvalue weighted by Gasteiger charge is -2.26. The molecule has 5 rings (SSSR count). The van der Waals surface area contributed by atoms with E-state index in [1.54, 1.807) is 35.2 Å². The number of halogens is 1. The summed E-state index contributed by atoms with van der Waals surface area (Å²) in [6, 6.07) is 18.0. The van der Waals surface area contributed by atoms with Crippen molar-refractivity contribution in [3.05, 3.63) is 116 Å². The van der Waals surface area contributed by atoms with Crippen molar-refractivity contribution in [1.29, 1.82) is 0 Å². The van der Waals surface area contributed by atoms with Gasteiger partial charge in [-0.25, -0.2) is 0 Å². The molecular formula is C30H26BrNO5. The Bertz CT molecular complexity index is 1560. The lowest BCUT2D eigenvalue weighted by Crippen LogP contribution is -2.29. The van der Waals surface area contributed by atoms with Crippen LogP contribution < -0.4 is 14.9 Å². The highest BCUT2D eigenvalue weighted by Crippen LogP contribution is 2.42. The largest absolute Gasteiger partial charge is 0.490 e. The van der Waals surface area contributed by atoms with Gasteiger partial charge in [0.15, 0.2) is 16.9 Å². The summed E-state index contributed by atoms with van der Waals surface area (Å²) in [4.78, 5) is 29.3. The molecular weight excluding hydrogens is 534 g/mol. The van der Waals surface area contributed by atoms with Crippen LogP contribution in [-0.2, 0) is 6.54 Å². The molecule has 1 aliphatic heterocycles. The van der Waals surface area contributed by atoms with Crippen molar-refractivity contribution in [2.45, 2.75) is 26.4 Å². The molecule has 1 amide bonds. The molecule has 37 heavy (non-hydrogen) atoms. The molecule has 0 N–H and O–H groups in total. The standard InChI is InChI=1S/C30H26BrNO5/c1-4-14-36-24-12-10-20(15-25(24)35-5-2)27-26-28(33)22-16-21(31)11-13-23(22)37-29(26)30(34)32(27)17-19-8-6-18(3)7-9-19/h4,6-13,15-16,27H,1,5,14,17H2,2-3H3. The Morgan fingerprint density at radius 3 is 2.54 bits per heavy atom. The van der Waals surface area contributed by atoms with Crippen molar-refractivity contribution >= 4 is 32.8 Å². The summed E-state index contributed by atoms with van der Waals surface area (Å²) in [6.45, 7) is 8.68. The van der Waals surface area contributed by atoms with Crippen molar-refractivity contribution in [2.24, 2.45) is 0 Å². The van der Waals surface area contributed by atoms with Crippen LogP contribution in [-0.4, -0.2) is 24.0 Å². The second kappa shape index (κ2) is 10.3. The number of fused-ring (bicyclic) bond motifs is 2. The second-order valence-corrected chi connectivity index (χ2v) is 9.79. The van der Waals surface area contributed by atoms with E-state index in [9.17, 15) is 9.59 Å². The highest BCUT2D eigenvalue weighted by molar-refractivity contribution is 9.10. The number of carbonyl (C=O) groups excluding carboxylic acids is 1. The summed E-state index contributed by atoms with van der Waals surface area (Å²) in [5, 5.41) is 0.416. The smallest absolute Gasteiger partial charge is 0.291 e. The minimum atomic E-state index is -0.656. The molecule has 0 spiro atoms. The molecule has 1 aliphatic rings. The third-order valence-corrected chi connectivity index (χ3v) is 6.83. The second-order valence-electron chi connectivity index (χ2n) is 8.87. The van der Waals surface area contributed by atoms with E-state index < -0.39 is 6.04 Å². The van der Waals surface area contributed by atoms with Crippen molar-refractivity contribution in [2.75, 3.05) is 13.2 Å². The Hall–Kier alpha value is -3.84. The van der Waals surface area contributed by atoms with Gasteiger partial charge in [-0.2, -0.15) is 0 Å². The van der Waals surface area contributed by atoms with Gasteiger partial charge in [-0.3, -0.25) is 9.59 Å². The van der Waals surface area contributed by atoms with Crippen LogP contribution in [0.2, 0.25) is 0 Å². The Labute approximate surface area is 223 Å². The molecule has 1 atom stereocenters. The molecule has 6 nitrogen and oxygen atoms in total. The molecule has 0 saturated heterocycles. The van der Waals surface area contributed by atoms with Crippen LogP contribution in [0.4, 0.5) is 0 Å². The normalized spacial score (nSPS) is 14.6. The van der Waals surface area contributed by atoms with Crippen LogP contribution in [0.5, 0.6) is 11.5 Å². The van der Waals surface area contributed by atoms with Crippen molar-refractivity contribution in [3.8, 4) is 11.5 Å². The molecule has 1 unspecified atom stereocenters. The molecule has 1 aromatic heterocycles. The molecule has 0 radical (unpaired) electrons. The van der Waals surface area contributed by atoms with E-state index in [0.717, 1.165) is 21.2 Å². The molecule has 2 heterocycles. The van der Waals surface area contributed by atoms with Gasteiger partial charge >= 0.3 is 0 Å². The maximum Gasteiger partial charge on any atom is 0.291 e. The maximum absolute atomic E-state index is 13.8. The third kappa shape index (κ3) is 4.67. The Balaban J connectivity index is 1.69. The number of benzene rings is 3. The quantitative estimate of drug-likeness (QED) is 0.228. The zero-order valence-electron chi connectivity index (χ0n) is 20.6. The molecule has 188 valence electrons. The number of rotatable bonds is 8. The molecule has 4 aromatic rings. The number of ether oxygens (including phenoxy) is 2. The van der Waals surface area contributed by atoms with Gasteiger partial charge in [0.25, 0.3) is 5.91 Å². The zero-order valence-corrected chi connectivity index (χ0v) is 22.2. The van der Waals surface area contributed by atoms with Gasteiger partial charge in [0.05, 0.1) is 23.6 Å². The number of nitrogens with zero attached hydrogens (tertiary/aromatic N) is 1. The van der Waals surface area contributed by atoms with Gasteiger partial charge in [0, 0.05) is 11.0 Å². The van der Waals surface area contributed by atoms with Crippen LogP contribution in [0.15, 0.2) is 87.0 Å². The first kappa shape index (κ1) is 24.8. The summed E-state index contributed by atoms with van der Waals surface area (Å²) < 4.78 is 18.5. The molecule has 3 aromatic carbocycles. The van der Waals surface area contributed by atoms with Crippen LogP contribution >= 0.6 is 15.9 Å². The monoisotopic (exact) mass is 559 g/mol. The highest BCUT2D eigenvalue weighted by Gasteiger charge is 2.43. The third-order valence-electron chi connectivity index (χ3n) is 6.34. The number of amides is 1. The van der Waals surface area contributed by atoms with Gasteiger partial charge in [0.2, 0.25) is 5.76 Å². The van der Waals surface area contributed by atoms with E-state index in [2.05, 4.69) is 22.5 Å². The molecule has 0 bridgehead atoms. The summed E-state index contributed by atoms with van der Waals surface area (Å²) in [6.07, 6.45) is 1.66. The van der Waals surface area contributed by atoms with Gasteiger partial charge in [0.1, 0.15) is 12.2 Å². The fraction of sp³-hybridized carbons (Fsp3) is 0.200. The number of hydrogen-bond donors (Lipinski definition) is 0. The summed E-state index contributed by atoms with van der Waals surface area (Å²) in [7, 11) is 0. The minimum Gasteiger partial charge on any atom is -0.490 e. The van der Waals surface area contributed by atoms with E-state index >= 15 is 0 Å². The van der Waals surface area contributed by atoms with Crippen LogP contribution in [0.25, 0.3) is 11.0 Å². The molecule has 0 aliphatic carbocycles. The first-order valence-corrected chi connectivity index (χ1v) is 12.8. The van der Waals surface area contributed by atoms with Gasteiger partial charge in [-0.05, 0) is 55.3 Å². The van der Waals surface area contributed by atoms with Crippen molar-refractivity contribution in [3.63, 3.8) is 0 Å². The van der Waals surface area contributed by atoms with Crippen molar-refractivity contribution < 1.29 is 18.7 Å². The number of carbonyl (C=O) groups is 1. The molecule has 0 fully saturated rings. The Kier molecular flexibility index (Phi) is 6.89. The van der Waals surface area contributed by atoms with Gasteiger partial charge in [-0.15, -0.1) is 0 Å². The number of aryl methyl sites for hydroxylation is 1.